The van der Waals surface area contributed by atoms with Crippen LogP contribution >= 0.6 is 0 Å². The Morgan fingerprint density at radius 1 is 1.07 bits per heavy atom. The van der Waals surface area contributed by atoms with Crippen LogP contribution in [0.5, 0.6) is 0 Å². The molecule has 0 bridgehead atoms. The normalized spacial score (nSPS) is 11.7. The maximum Gasteiger partial charge on any atom is 0.267 e. The van der Waals surface area contributed by atoms with Crippen LogP contribution in [0, 0.1) is 32.1 Å². The molecule has 0 heterocycles. The third kappa shape index (κ3) is 4.98. The zero-order valence-electron chi connectivity index (χ0n) is 16.9. The maximum absolute atomic E-state index is 12.6. The first-order chi connectivity index (χ1) is 12.6. The van der Waals surface area contributed by atoms with Gasteiger partial charge in [0.1, 0.15) is 11.6 Å². The molecule has 4 heteroatoms. The molecule has 0 radical (unpaired) electrons. The van der Waals surface area contributed by atoms with Gasteiger partial charge in [-0.05, 0) is 48.9 Å². The van der Waals surface area contributed by atoms with Crippen molar-refractivity contribution in [2.24, 2.45) is 0 Å². The summed E-state index contributed by atoms with van der Waals surface area (Å²) in [4.78, 5) is 12.6. The minimum atomic E-state index is -0.423. The van der Waals surface area contributed by atoms with Crippen LogP contribution in [0.2, 0.25) is 0 Å². The molecule has 0 spiro atoms. The molecule has 2 aromatic rings. The van der Waals surface area contributed by atoms with Crippen molar-refractivity contribution in [1.29, 1.82) is 5.26 Å². The molecule has 2 aromatic carbocycles. The van der Waals surface area contributed by atoms with E-state index in [4.69, 9.17) is 0 Å². The number of benzene rings is 2. The van der Waals surface area contributed by atoms with Crippen molar-refractivity contribution in [2.75, 3.05) is 10.6 Å². The summed E-state index contributed by atoms with van der Waals surface area (Å²) < 4.78 is 0. The van der Waals surface area contributed by atoms with Crippen molar-refractivity contribution in [3.8, 4) is 6.07 Å². The number of aryl methyl sites for hydroxylation is 3. The molecule has 0 saturated carbocycles. The summed E-state index contributed by atoms with van der Waals surface area (Å²) in [5.74, 6) is -0.423. The molecule has 1 amide bonds. The molecule has 27 heavy (non-hydrogen) atoms. The average Bonchev–Trinajstić information content (AvgIpc) is 2.58. The lowest BCUT2D eigenvalue weighted by molar-refractivity contribution is -0.112. The Balaban J connectivity index is 2.26. The summed E-state index contributed by atoms with van der Waals surface area (Å²) in [5.41, 5.74) is 5.81. The molecule has 0 unspecified atom stereocenters. The molecule has 0 aliphatic carbocycles. The minimum Gasteiger partial charge on any atom is -0.360 e. The number of rotatable bonds is 4. The number of nitrogens with one attached hydrogen (secondary N) is 2. The van der Waals surface area contributed by atoms with E-state index in [1.54, 1.807) is 0 Å². The topological polar surface area (TPSA) is 64.9 Å². The largest absolute Gasteiger partial charge is 0.360 e. The second-order valence-electron chi connectivity index (χ2n) is 7.84. The van der Waals surface area contributed by atoms with Crippen LogP contribution in [-0.2, 0) is 10.2 Å². The van der Waals surface area contributed by atoms with Gasteiger partial charge in [-0.15, -0.1) is 0 Å². The lowest BCUT2D eigenvalue weighted by atomic mass is 9.86. The standard InChI is InChI=1S/C23H27N3O/c1-15-11-16(2)21(17(3)12-15)26-22(27)18(13-24)14-25-20-10-8-7-9-19(20)23(4,5)6/h7-12,14,25H,1-6H3,(H,26,27)/b18-14-. The maximum atomic E-state index is 12.6. The molecule has 0 aromatic heterocycles. The highest BCUT2D eigenvalue weighted by Gasteiger charge is 2.18. The number of hydrogen-bond donors (Lipinski definition) is 2. The zero-order valence-corrected chi connectivity index (χ0v) is 16.9. The second kappa shape index (κ2) is 8.09. The van der Waals surface area contributed by atoms with Gasteiger partial charge in [0.15, 0.2) is 0 Å². The van der Waals surface area contributed by atoms with E-state index < -0.39 is 5.91 Å². The first-order valence-electron chi connectivity index (χ1n) is 8.99. The number of anilines is 2. The van der Waals surface area contributed by atoms with Crippen LogP contribution in [0.15, 0.2) is 48.2 Å². The van der Waals surface area contributed by atoms with Crippen molar-refractivity contribution in [3.05, 3.63) is 70.4 Å². The SMILES string of the molecule is Cc1cc(C)c(NC(=O)/C(C#N)=C\Nc2ccccc2C(C)(C)C)c(C)c1. The van der Waals surface area contributed by atoms with Gasteiger partial charge in [0.05, 0.1) is 0 Å². The smallest absolute Gasteiger partial charge is 0.267 e. The van der Waals surface area contributed by atoms with Gasteiger partial charge in [0.25, 0.3) is 5.91 Å². The Morgan fingerprint density at radius 2 is 1.67 bits per heavy atom. The quantitative estimate of drug-likeness (QED) is 0.568. The van der Waals surface area contributed by atoms with E-state index in [1.807, 2.05) is 63.2 Å². The fourth-order valence-electron chi connectivity index (χ4n) is 3.12. The predicted octanol–water partition coefficient (Wildman–Crippen LogP) is 5.37. The highest BCUT2D eigenvalue weighted by molar-refractivity contribution is 6.07. The van der Waals surface area contributed by atoms with E-state index in [9.17, 15) is 10.1 Å². The third-order valence-electron chi connectivity index (χ3n) is 4.39. The van der Waals surface area contributed by atoms with Crippen LogP contribution in [0.1, 0.15) is 43.0 Å². The molecule has 2 N–H and O–H groups in total. The Kier molecular flexibility index (Phi) is 6.07. The number of nitrogens with zero attached hydrogens (tertiary/aromatic N) is 1. The highest BCUT2D eigenvalue weighted by Crippen LogP contribution is 2.29. The summed E-state index contributed by atoms with van der Waals surface area (Å²) >= 11 is 0. The minimum absolute atomic E-state index is 0.0260. The summed E-state index contributed by atoms with van der Waals surface area (Å²) in [7, 11) is 0. The van der Waals surface area contributed by atoms with Crippen molar-refractivity contribution in [3.63, 3.8) is 0 Å². The van der Waals surface area contributed by atoms with Gasteiger partial charge < -0.3 is 10.6 Å². The molecule has 0 saturated heterocycles. The molecule has 4 nitrogen and oxygen atoms in total. The van der Waals surface area contributed by atoms with Crippen molar-refractivity contribution in [1.82, 2.24) is 0 Å². The fourth-order valence-corrected chi connectivity index (χ4v) is 3.12. The van der Waals surface area contributed by atoms with E-state index in [0.29, 0.717) is 0 Å². The molecular weight excluding hydrogens is 334 g/mol. The summed E-state index contributed by atoms with van der Waals surface area (Å²) in [6, 6.07) is 13.9. The van der Waals surface area contributed by atoms with E-state index in [1.165, 1.54) is 6.20 Å². The molecule has 0 fully saturated rings. The van der Waals surface area contributed by atoms with Crippen LogP contribution in [-0.4, -0.2) is 5.91 Å². The lowest BCUT2D eigenvalue weighted by Crippen LogP contribution is -2.17. The Labute approximate surface area is 161 Å². The molecule has 0 atom stereocenters. The second-order valence-corrected chi connectivity index (χ2v) is 7.84. The Hall–Kier alpha value is -3.06. The van der Waals surface area contributed by atoms with Crippen molar-refractivity contribution < 1.29 is 4.79 Å². The number of nitriles is 1. The zero-order chi connectivity index (χ0) is 20.2. The molecule has 2 rings (SSSR count). The monoisotopic (exact) mass is 361 g/mol. The lowest BCUT2D eigenvalue weighted by Gasteiger charge is -2.22. The molecule has 0 aliphatic heterocycles. The van der Waals surface area contributed by atoms with E-state index >= 15 is 0 Å². The van der Waals surface area contributed by atoms with Gasteiger partial charge in [0, 0.05) is 17.6 Å². The van der Waals surface area contributed by atoms with Crippen LogP contribution in [0.4, 0.5) is 11.4 Å². The number of carbonyl (C=O) groups excluding carboxylic acids is 1. The summed E-state index contributed by atoms with van der Waals surface area (Å²) in [6.07, 6.45) is 1.47. The third-order valence-corrected chi connectivity index (χ3v) is 4.39. The van der Waals surface area contributed by atoms with Gasteiger partial charge in [-0.1, -0.05) is 56.7 Å². The summed E-state index contributed by atoms with van der Waals surface area (Å²) in [5, 5.41) is 15.4. The van der Waals surface area contributed by atoms with Gasteiger partial charge in [-0.3, -0.25) is 4.79 Å². The first-order valence-corrected chi connectivity index (χ1v) is 8.99. The van der Waals surface area contributed by atoms with E-state index in [0.717, 1.165) is 33.6 Å². The predicted molar refractivity (Wildman–Crippen MR) is 112 cm³/mol. The summed E-state index contributed by atoms with van der Waals surface area (Å²) in [6.45, 7) is 12.3. The molecular formula is C23H27N3O. The molecule has 0 aliphatic rings. The van der Waals surface area contributed by atoms with Gasteiger partial charge in [-0.2, -0.15) is 5.26 Å². The number of amides is 1. The number of para-hydroxylation sites is 1. The fraction of sp³-hybridized carbons (Fsp3) is 0.304. The van der Waals surface area contributed by atoms with Crippen molar-refractivity contribution in [2.45, 2.75) is 47.0 Å². The first kappa shape index (κ1) is 20.3. The highest BCUT2D eigenvalue weighted by atomic mass is 16.1. The van der Waals surface area contributed by atoms with Crippen LogP contribution in [0.3, 0.4) is 0 Å². The van der Waals surface area contributed by atoms with Gasteiger partial charge in [0.2, 0.25) is 0 Å². The Bertz CT molecular complexity index is 904. The number of hydrogen-bond acceptors (Lipinski definition) is 3. The van der Waals surface area contributed by atoms with Crippen molar-refractivity contribution >= 4 is 17.3 Å². The van der Waals surface area contributed by atoms with E-state index in [2.05, 4.69) is 31.4 Å². The average molecular weight is 361 g/mol. The Morgan fingerprint density at radius 3 is 2.22 bits per heavy atom. The number of carbonyl (C=O) groups is 1. The van der Waals surface area contributed by atoms with Crippen LogP contribution in [0.25, 0.3) is 0 Å². The van der Waals surface area contributed by atoms with Gasteiger partial charge >= 0.3 is 0 Å². The van der Waals surface area contributed by atoms with Crippen LogP contribution < -0.4 is 10.6 Å². The van der Waals surface area contributed by atoms with Gasteiger partial charge in [-0.25, -0.2) is 0 Å². The molecule has 140 valence electrons. The van der Waals surface area contributed by atoms with E-state index in [-0.39, 0.29) is 11.0 Å².